The van der Waals surface area contributed by atoms with E-state index in [1.807, 2.05) is 12.1 Å². The lowest BCUT2D eigenvalue weighted by Gasteiger charge is -1.98. The van der Waals surface area contributed by atoms with Gasteiger partial charge in [-0.1, -0.05) is 20.3 Å². The average Bonchev–Trinajstić information content (AvgIpc) is 2.74. The first kappa shape index (κ1) is 13.6. The van der Waals surface area contributed by atoms with Gasteiger partial charge < -0.3 is 0 Å². The number of hydrogen-bond acceptors (Lipinski definition) is 3. The molecule has 0 saturated heterocycles. The van der Waals surface area contributed by atoms with E-state index in [4.69, 9.17) is 0 Å². The summed E-state index contributed by atoms with van der Waals surface area (Å²) < 4.78 is 11.6. The van der Waals surface area contributed by atoms with Crippen LogP contribution in [0.25, 0.3) is 0 Å². The van der Waals surface area contributed by atoms with Crippen LogP contribution >= 0.6 is 11.3 Å². The molecule has 1 aromatic heterocycles. The molecule has 0 aliphatic rings. The zero-order valence-electron chi connectivity index (χ0n) is 9.82. The zero-order chi connectivity index (χ0) is 12.0. The number of Topliss-reactive ketones (excluding diaryl/α,β-unsaturated/α-hetero) is 1. The highest BCUT2D eigenvalue weighted by atomic mass is 32.2. The summed E-state index contributed by atoms with van der Waals surface area (Å²) >= 11 is 1.52. The van der Waals surface area contributed by atoms with Crippen molar-refractivity contribution >= 4 is 27.9 Å². The summed E-state index contributed by atoms with van der Waals surface area (Å²) in [6.45, 7) is 4.13. The number of rotatable bonds is 7. The van der Waals surface area contributed by atoms with E-state index in [1.165, 1.54) is 16.2 Å². The molecule has 0 spiro atoms. The summed E-state index contributed by atoms with van der Waals surface area (Å²) in [4.78, 5) is 13.7. The average molecular weight is 258 g/mol. The van der Waals surface area contributed by atoms with E-state index in [0.717, 1.165) is 24.1 Å². The van der Waals surface area contributed by atoms with E-state index in [2.05, 4.69) is 13.8 Å². The first-order valence-corrected chi connectivity index (χ1v) is 7.94. The van der Waals surface area contributed by atoms with E-state index in [0.29, 0.717) is 5.75 Å². The van der Waals surface area contributed by atoms with Crippen LogP contribution in [0.5, 0.6) is 0 Å². The lowest BCUT2D eigenvalue weighted by atomic mass is 10.3. The highest BCUT2D eigenvalue weighted by molar-refractivity contribution is 7.85. The predicted molar refractivity (Wildman–Crippen MR) is 70.8 cm³/mol. The van der Waals surface area contributed by atoms with Crippen LogP contribution in [0.1, 0.15) is 41.2 Å². The van der Waals surface area contributed by atoms with Crippen LogP contribution in [-0.2, 0) is 17.2 Å². The van der Waals surface area contributed by atoms with Crippen molar-refractivity contribution in [2.24, 2.45) is 0 Å². The van der Waals surface area contributed by atoms with Gasteiger partial charge in [-0.15, -0.1) is 11.3 Å². The van der Waals surface area contributed by atoms with Gasteiger partial charge in [0, 0.05) is 21.4 Å². The van der Waals surface area contributed by atoms with Gasteiger partial charge in [-0.2, -0.15) is 0 Å². The Morgan fingerprint density at radius 2 is 2.12 bits per heavy atom. The zero-order valence-corrected chi connectivity index (χ0v) is 11.5. The van der Waals surface area contributed by atoms with Gasteiger partial charge in [0.15, 0.2) is 5.78 Å². The molecule has 0 N–H and O–H groups in total. The molecular weight excluding hydrogens is 240 g/mol. The Hall–Kier alpha value is -0.480. The second kappa shape index (κ2) is 6.97. The fourth-order valence-electron chi connectivity index (χ4n) is 1.31. The lowest BCUT2D eigenvalue weighted by molar-refractivity contribution is 0.102. The number of aryl methyl sites for hydroxylation is 1. The van der Waals surface area contributed by atoms with E-state index in [-0.39, 0.29) is 11.5 Å². The number of unbranched alkanes of at least 4 members (excludes halogenated alkanes) is 1. The monoisotopic (exact) mass is 258 g/mol. The summed E-state index contributed by atoms with van der Waals surface area (Å²) in [5, 5.41) is 0. The van der Waals surface area contributed by atoms with Crippen LogP contribution in [0.3, 0.4) is 0 Å². The van der Waals surface area contributed by atoms with Gasteiger partial charge in [0.2, 0.25) is 0 Å². The predicted octanol–water partition coefficient (Wildman–Crippen LogP) is 3.04. The number of hydrogen-bond donors (Lipinski definition) is 0. The molecule has 4 heteroatoms. The number of thiophene rings is 1. The van der Waals surface area contributed by atoms with Gasteiger partial charge >= 0.3 is 0 Å². The summed E-state index contributed by atoms with van der Waals surface area (Å²) in [6, 6.07) is 3.83. The summed E-state index contributed by atoms with van der Waals surface area (Å²) in [5.41, 5.74) is 0. The Morgan fingerprint density at radius 1 is 1.38 bits per heavy atom. The first-order valence-electron chi connectivity index (χ1n) is 5.64. The van der Waals surface area contributed by atoms with Crippen molar-refractivity contribution in [2.45, 2.75) is 33.1 Å². The van der Waals surface area contributed by atoms with Crippen molar-refractivity contribution < 1.29 is 9.00 Å². The molecule has 2 nitrogen and oxygen atoms in total. The minimum absolute atomic E-state index is 0.0270. The van der Waals surface area contributed by atoms with Crippen LogP contribution in [0.4, 0.5) is 0 Å². The minimum atomic E-state index is -0.986. The fraction of sp³-hybridized carbons (Fsp3) is 0.583. The molecule has 0 aliphatic carbocycles. The lowest BCUT2D eigenvalue weighted by Crippen LogP contribution is -2.12. The van der Waals surface area contributed by atoms with Crippen LogP contribution in [0.2, 0.25) is 0 Å². The SMILES string of the molecule is CCCCS(=O)CC(=O)c1ccc(CC)s1. The van der Waals surface area contributed by atoms with Gasteiger partial charge in [-0.3, -0.25) is 9.00 Å². The van der Waals surface area contributed by atoms with Gasteiger partial charge in [0.25, 0.3) is 0 Å². The smallest absolute Gasteiger partial charge is 0.185 e. The van der Waals surface area contributed by atoms with Crippen molar-refractivity contribution in [1.29, 1.82) is 0 Å². The van der Waals surface area contributed by atoms with E-state index in [1.54, 1.807) is 0 Å². The number of carbonyl (C=O) groups excluding carboxylic acids is 1. The quantitative estimate of drug-likeness (QED) is 0.704. The third-order valence-corrected chi connectivity index (χ3v) is 4.90. The highest BCUT2D eigenvalue weighted by Gasteiger charge is 2.12. The van der Waals surface area contributed by atoms with Crippen molar-refractivity contribution in [3.63, 3.8) is 0 Å². The maximum atomic E-state index is 11.8. The Kier molecular flexibility index (Phi) is 5.91. The Balaban J connectivity index is 2.48. The molecule has 1 unspecified atom stereocenters. The molecule has 1 aromatic rings. The van der Waals surface area contributed by atoms with Crippen molar-refractivity contribution in [3.05, 3.63) is 21.9 Å². The maximum Gasteiger partial charge on any atom is 0.185 e. The fourth-order valence-corrected chi connectivity index (χ4v) is 3.49. The molecule has 1 atom stereocenters. The summed E-state index contributed by atoms with van der Waals surface area (Å²) in [6.07, 6.45) is 2.92. The van der Waals surface area contributed by atoms with E-state index in [9.17, 15) is 9.00 Å². The largest absolute Gasteiger partial charge is 0.292 e. The highest BCUT2D eigenvalue weighted by Crippen LogP contribution is 2.17. The third-order valence-electron chi connectivity index (χ3n) is 2.30. The molecule has 0 aliphatic heterocycles. The second-order valence-electron chi connectivity index (χ2n) is 3.68. The Labute approximate surface area is 104 Å². The van der Waals surface area contributed by atoms with Crippen molar-refractivity contribution in [3.8, 4) is 0 Å². The second-order valence-corrected chi connectivity index (χ2v) is 6.43. The minimum Gasteiger partial charge on any atom is -0.292 e. The molecule has 0 amide bonds. The number of carbonyl (C=O) groups is 1. The van der Waals surface area contributed by atoms with Crippen LogP contribution < -0.4 is 0 Å². The molecular formula is C12H18O2S2. The maximum absolute atomic E-state index is 11.8. The van der Waals surface area contributed by atoms with Gasteiger partial charge in [-0.25, -0.2) is 0 Å². The summed E-state index contributed by atoms with van der Waals surface area (Å²) in [7, 11) is -0.986. The molecule has 0 aromatic carbocycles. The Morgan fingerprint density at radius 3 is 2.69 bits per heavy atom. The first-order chi connectivity index (χ1) is 7.67. The molecule has 1 heterocycles. The van der Waals surface area contributed by atoms with E-state index < -0.39 is 10.8 Å². The summed E-state index contributed by atoms with van der Waals surface area (Å²) in [5.74, 6) is 0.858. The van der Waals surface area contributed by atoms with Crippen molar-refractivity contribution in [2.75, 3.05) is 11.5 Å². The van der Waals surface area contributed by atoms with Crippen LogP contribution in [-0.4, -0.2) is 21.5 Å². The van der Waals surface area contributed by atoms with Gasteiger partial charge in [-0.05, 0) is 25.0 Å². The van der Waals surface area contributed by atoms with Gasteiger partial charge in [0.05, 0.1) is 10.6 Å². The Bertz CT molecular complexity index is 369. The molecule has 90 valence electrons. The molecule has 0 fully saturated rings. The normalized spacial score (nSPS) is 12.6. The molecule has 1 rings (SSSR count). The van der Waals surface area contributed by atoms with Crippen LogP contribution in [0.15, 0.2) is 12.1 Å². The number of ketones is 1. The molecule has 0 saturated carbocycles. The molecule has 0 radical (unpaired) electrons. The standard InChI is InChI=1S/C12H18O2S2/c1-3-5-8-16(14)9-11(13)12-7-6-10(4-2)15-12/h6-7H,3-5,8-9H2,1-2H3. The van der Waals surface area contributed by atoms with E-state index >= 15 is 0 Å². The molecule has 16 heavy (non-hydrogen) atoms. The van der Waals surface area contributed by atoms with Crippen LogP contribution in [0, 0.1) is 0 Å². The van der Waals surface area contributed by atoms with Crippen molar-refractivity contribution in [1.82, 2.24) is 0 Å². The topological polar surface area (TPSA) is 34.1 Å². The molecule has 0 bridgehead atoms. The van der Waals surface area contributed by atoms with Gasteiger partial charge in [0.1, 0.15) is 0 Å². The third kappa shape index (κ3) is 4.18.